The van der Waals surface area contributed by atoms with Crippen LogP contribution >= 0.6 is 0 Å². The second-order valence-corrected chi connectivity index (χ2v) is 8.60. The molecule has 1 atom stereocenters. The molecular formula is C16H21FN4O4S. The quantitative estimate of drug-likeness (QED) is 0.732. The van der Waals surface area contributed by atoms with Crippen LogP contribution in [0, 0.1) is 5.82 Å². The molecule has 1 aromatic carbocycles. The van der Waals surface area contributed by atoms with Gasteiger partial charge in [0.15, 0.2) is 0 Å². The Morgan fingerprint density at radius 3 is 2.31 bits per heavy atom. The Morgan fingerprint density at radius 2 is 1.85 bits per heavy atom. The monoisotopic (exact) mass is 384 g/mol. The van der Waals surface area contributed by atoms with E-state index in [2.05, 4.69) is 21.2 Å². The number of alkyl carbamates (subject to hydrolysis) is 1. The predicted molar refractivity (Wildman–Crippen MR) is 95.1 cm³/mol. The highest BCUT2D eigenvalue weighted by Crippen LogP contribution is 2.22. The van der Waals surface area contributed by atoms with Gasteiger partial charge >= 0.3 is 6.09 Å². The first-order valence-corrected chi connectivity index (χ1v) is 9.60. The normalized spacial score (nSPS) is 15.7. The second kappa shape index (κ2) is 7.32. The molecule has 0 aromatic heterocycles. The minimum atomic E-state index is -3.52. The minimum Gasteiger partial charge on any atom is -0.444 e. The minimum absolute atomic E-state index is 0.253. The molecule has 0 saturated carbocycles. The summed E-state index contributed by atoms with van der Waals surface area (Å²) in [4.78, 5) is 16.0. The number of hydrogen-bond donors (Lipinski definition) is 3. The maximum Gasteiger partial charge on any atom is 0.408 e. The largest absolute Gasteiger partial charge is 0.444 e. The van der Waals surface area contributed by atoms with E-state index in [1.807, 2.05) is 0 Å². The molecule has 0 spiro atoms. The van der Waals surface area contributed by atoms with E-state index in [0.717, 1.165) is 6.26 Å². The standard InChI is InChI=1S/C16H21FN4O4S/c1-16(2,3)25-15(22)19-13(10-5-7-11(17)8-6-10)12-9-18-14(21-20-12)26(4,23)24/h5-9,13,20H,1-4H3,(H,18,21)(H,19,22). The fraction of sp³-hybridized carbons (Fsp3) is 0.375. The molecule has 1 aromatic rings. The molecule has 0 saturated heterocycles. The van der Waals surface area contributed by atoms with Crippen molar-refractivity contribution in [1.29, 1.82) is 0 Å². The van der Waals surface area contributed by atoms with Crippen LogP contribution in [0.25, 0.3) is 0 Å². The lowest BCUT2D eigenvalue weighted by molar-refractivity contribution is 0.0509. The van der Waals surface area contributed by atoms with E-state index in [-0.39, 0.29) is 5.17 Å². The van der Waals surface area contributed by atoms with Crippen molar-refractivity contribution in [3.05, 3.63) is 47.5 Å². The molecule has 0 fully saturated rings. The van der Waals surface area contributed by atoms with Crippen LogP contribution in [0.2, 0.25) is 0 Å². The number of carbonyl (C=O) groups is 1. The van der Waals surface area contributed by atoms with Crippen molar-refractivity contribution in [1.82, 2.24) is 16.2 Å². The van der Waals surface area contributed by atoms with Gasteiger partial charge in [-0.25, -0.2) is 22.6 Å². The Bertz CT molecular complexity index is 842. The van der Waals surface area contributed by atoms with Crippen molar-refractivity contribution < 1.29 is 22.3 Å². The van der Waals surface area contributed by atoms with E-state index in [0.29, 0.717) is 11.3 Å². The Hall–Kier alpha value is -2.62. The zero-order valence-electron chi connectivity index (χ0n) is 14.8. The van der Waals surface area contributed by atoms with Crippen LogP contribution in [0.5, 0.6) is 0 Å². The van der Waals surface area contributed by atoms with Crippen LogP contribution in [-0.2, 0) is 14.6 Å². The van der Waals surface area contributed by atoms with Gasteiger partial charge in [0.25, 0.3) is 0 Å². The summed E-state index contributed by atoms with van der Waals surface area (Å²) in [5, 5.41) is 2.41. The summed E-state index contributed by atoms with van der Waals surface area (Å²) < 4.78 is 41.5. The molecule has 1 aliphatic heterocycles. The van der Waals surface area contributed by atoms with Crippen LogP contribution in [-0.4, -0.2) is 31.5 Å². The topological polar surface area (TPSA) is 109 Å². The number of amides is 1. The molecule has 1 aliphatic rings. The van der Waals surface area contributed by atoms with Crippen molar-refractivity contribution in [2.24, 2.45) is 4.99 Å². The van der Waals surface area contributed by atoms with Crippen molar-refractivity contribution in [2.45, 2.75) is 32.4 Å². The molecule has 0 aliphatic carbocycles. The van der Waals surface area contributed by atoms with E-state index in [9.17, 15) is 17.6 Å². The summed E-state index contributed by atoms with van der Waals surface area (Å²) in [6.45, 7) is 5.17. The highest BCUT2D eigenvalue weighted by atomic mass is 32.2. The van der Waals surface area contributed by atoms with Gasteiger partial charge in [-0.3, -0.25) is 10.9 Å². The van der Waals surface area contributed by atoms with Gasteiger partial charge in [-0.15, -0.1) is 0 Å². The number of aliphatic imine (C=N–C) groups is 1. The molecule has 8 nitrogen and oxygen atoms in total. The number of hydrogen-bond acceptors (Lipinski definition) is 7. The Kier molecular flexibility index (Phi) is 5.55. The first kappa shape index (κ1) is 19.7. The zero-order chi connectivity index (χ0) is 19.5. The Balaban J connectivity index is 2.32. The van der Waals surface area contributed by atoms with E-state index in [1.54, 1.807) is 20.8 Å². The van der Waals surface area contributed by atoms with Gasteiger partial charge in [0.1, 0.15) is 17.5 Å². The van der Waals surface area contributed by atoms with Gasteiger partial charge in [-0.05, 0) is 38.5 Å². The average Bonchev–Trinajstić information content (AvgIpc) is 2.51. The number of rotatable bonds is 3. The van der Waals surface area contributed by atoms with Crippen molar-refractivity contribution in [3.8, 4) is 0 Å². The number of halogens is 1. The number of nitrogens with zero attached hydrogens (tertiary/aromatic N) is 1. The molecule has 3 N–H and O–H groups in total. The third-order valence-electron chi connectivity index (χ3n) is 3.16. The third-order valence-corrected chi connectivity index (χ3v) is 4.07. The number of amidine groups is 1. The Labute approximate surface area is 151 Å². The van der Waals surface area contributed by atoms with Crippen LogP contribution in [0.15, 0.2) is 41.2 Å². The average molecular weight is 384 g/mol. The number of benzene rings is 1. The number of ether oxygens (including phenoxy) is 1. The predicted octanol–water partition coefficient (Wildman–Crippen LogP) is 1.74. The lowest BCUT2D eigenvalue weighted by Crippen LogP contribution is -2.47. The van der Waals surface area contributed by atoms with E-state index in [1.165, 1.54) is 30.5 Å². The van der Waals surface area contributed by atoms with Crippen molar-refractivity contribution >= 4 is 21.1 Å². The van der Waals surface area contributed by atoms with Crippen molar-refractivity contribution in [2.75, 3.05) is 6.26 Å². The number of hydrazine groups is 1. The molecule has 1 heterocycles. The molecule has 1 amide bonds. The van der Waals surface area contributed by atoms with Gasteiger partial charge in [0.05, 0.1) is 11.9 Å². The van der Waals surface area contributed by atoms with E-state index >= 15 is 0 Å². The molecule has 2 rings (SSSR count). The molecule has 0 bridgehead atoms. The summed E-state index contributed by atoms with van der Waals surface area (Å²) in [6.07, 6.45) is 1.60. The summed E-state index contributed by atoms with van der Waals surface area (Å²) in [7, 11) is -3.52. The fourth-order valence-corrected chi connectivity index (χ4v) is 2.56. The number of nitrogens with one attached hydrogen (secondary N) is 3. The van der Waals surface area contributed by atoms with Crippen molar-refractivity contribution in [3.63, 3.8) is 0 Å². The number of sulfone groups is 1. The maximum atomic E-state index is 13.2. The highest BCUT2D eigenvalue weighted by Gasteiger charge is 2.26. The molecule has 1 unspecified atom stereocenters. The van der Waals surface area contributed by atoms with Crippen LogP contribution in [0.1, 0.15) is 32.4 Å². The van der Waals surface area contributed by atoms with Crippen LogP contribution < -0.4 is 16.2 Å². The van der Waals surface area contributed by atoms with Gasteiger partial charge in [-0.2, -0.15) is 0 Å². The zero-order valence-corrected chi connectivity index (χ0v) is 15.6. The summed E-state index contributed by atoms with van der Waals surface area (Å²) in [5.41, 5.74) is 5.37. The van der Waals surface area contributed by atoms with E-state index in [4.69, 9.17) is 4.74 Å². The summed E-state index contributed by atoms with van der Waals surface area (Å²) in [5.74, 6) is -0.425. The first-order valence-electron chi connectivity index (χ1n) is 7.70. The fourth-order valence-electron chi connectivity index (χ4n) is 2.07. The molecule has 142 valence electrons. The molecular weight excluding hydrogens is 363 g/mol. The smallest absolute Gasteiger partial charge is 0.408 e. The summed E-state index contributed by atoms with van der Waals surface area (Å²) in [6, 6.07) is 4.73. The lowest BCUT2D eigenvalue weighted by Gasteiger charge is -2.27. The van der Waals surface area contributed by atoms with Gasteiger partial charge in [0, 0.05) is 6.26 Å². The maximum absolute atomic E-state index is 13.2. The number of carbonyl (C=O) groups excluding carboxylic acids is 1. The highest BCUT2D eigenvalue weighted by molar-refractivity contribution is 8.05. The van der Waals surface area contributed by atoms with E-state index < -0.39 is 33.4 Å². The third kappa shape index (κ3) is 5.45. The van der Waals surface area contributed by atoms with Gasteiger partial charge < -0.3 is 10.1 Å². The van der Waals surface area contributed by atoms with Crippen LogP contribution in [0.3, 0.4) is 0 Å². The molecule has 10 heteroatoms. The SMILES string of the molecule is CC(C)(C)OC(=O)NC(C1=CN=C(S(C)(=O)=O)NN1)c1ccc(F)cc1. The van der Waals surface area contributed by atoms with Crippen LogP contribution in [0.4, 0.5) is 9.18 Å². The van der Waals surface area contributed by atoms with Gasteiger partial charge in [-0.1, -0.05) is 12.1 Å². The van der Waals surface area contributed by atoms with Gasteiger partial charge in [0.2, 0.25) is 15.0 Å². The lowest BCUT2D eigenvalue weighted by atomic mass is 10.0. The second-order valence-electron chi connectivity index (χ2n) is 6.67. The first-order chi connectivity index (χ1) is 12.0. The molecule has 0 radical (unpaired) electrons. The summed E-state index contributed by atoms with van der Waals surface area (Å²) >= 11 is 0. The Morgan fingerprint density at radius 1 is 1.23 bits per heavy atom. The molecule has 26 heavy (non-hydrogen) atoms.